The Kier molecular flexibility index (Phi) is 7.62. The van der Waals surface area contributed by atoms with E-state index >= 15 is 0 Å². The SMILES string of the molecule is CC(C)c1[nH+]c2c(Cl)ccc(OCC(=O)O)c2c(OC(F)F)c1Cc1ccc(S(C)(=O)=O)cc1. The standard InChI is InChI=1S/C23H22ClF2NO6S/c1-12(2)20-15(10-13-4-6-14(7-5-13)34(3,30)31)22(33-23(25)26)19-17(32-11-18(28)29)9-8-16(24)21(19)27-20/h4-9,12,23H,10-11H2,1-3H3,(H,28,29)/p+1. The summed E-state index contributed by atoms with van der Waals surface area (Å²) in [6.07, 6.45) is 1.21. The van der Waals surface area contributed by atoms with Crippen LogP contribution in [0.3, 0.4) is 0 Å². The van der Waals surface area contributed by atoms with E-state index in [0.29, 0.717) is 16.8 Å². The van der Waals surface area contributed by atoms with Crippen LogP contribution in [0.25, 0.3) is 10.9 Å². The van der Waals surface area contributed by atoms with E-state index in [1.54, 1.807) is 12.1 Å². The van der Waals surface area contributed by atoms with E-state index in [1.807, 2.05) is 13.8 Å². The van der Waals surface area contributed by atoms with E-state index in [1.165, 1.54) is 24.3 Å². The van der Waals surface area contributed by atoms with Gasteiger partial charge in [0.15, 0.2) is 27.9 Å². The highest BCUT2D eigenvalue weighted by Crippen LogP contribution is 2.41. The maximum Gasteiger partial charge on any atom is 0.387 e. The maximum absolute atomic E-state index is 13.6. The summed E-state index contributed by atoms with van der Waals surface area (Å²) in [5, 5.41) is 9.30. The van der Waals surface area contributed by atoms with Crippen LogP contribution in [0.15, 0.2) is 41.3 Å². The average Bonchev–Trinajstić information content (AvgIpc) is 2.73. The van der Waals surface area contributed by atoms with Crippen molar-refractivity contribution in [2.45, 2.75) is 37.7 Å². The number of benzene rings is 2. The van der Waals surface area contributed by atoms with Crippen LogP contribution in [-0.2, 0) is 21.1 Å². The predicted octanol–water partition coefficient (Wildman–Crippen LogP) is 4.49. The van der Waals surface area contributed by atoms with Crippen molar-refractivity contribution >= 4 is 38.3 Å². The highest BCUT2D eigenvalue weighted by Gasteiger charge is 2.29. The maximum atomic E-state index is 13.6. The number of hydrogen-bond donors (Lipinski definition) is 1. The molecule has 11 heteroatoms. The molecule has 0 aliphatic rings. The molecule has 182 valence electrons. The number of carboxylic acid groups (broad SMARTS) is 1. The van der Waals surface area contributed by atoms with Crippen molar-refractivity contribution in [3.8, 4) is 11.5 Å². The Balaban J connectivity index is 2.28. The fourth-order valence-electron chi connectivity index (χ4n) is 3.59. The van der Waals surface area contributed by atoms with E-state index in [0.717, 1.165) is 6.26 Å². The highest BCUT2D eigenvalue weighted by molar-refractivity contribution is 7.90. The molecule has 34 heavy (non-hydrogen) atoms. The molecule has 0 unspecified atom stereocenters. The van der Waals surface area contributed by atoms with Crippen molar-refractivity contribution in [2.24, 2.45) is 0 Å². The molecule has 3 aromatic rings. The van der Waals surface area contributed by atoms with E-state index in [9.17, 15) is 22.0 Å². The van der Waals surface area contributed by atoms with Crippen LogP contribution in [0, 0.1) is 0 Å². The third-order valence-electron chi connectivity index (χ3n) is 5.07. The van der Waals surface area contributed by atoms with Crippen LogP contribution < -0.4 is 14.5 Å². The fourth-order valence-corrected chi connectivity index (χ4v) is 4.43. The second-order valence-corrected chi connectivity index (χ2v) is 10.4. The summed E-state index contributed by atoms with van der Waals surface area (Å²) in [7, 11) is -3.40. The zero-order valence-electron chi connectivity index (χ0n) is 18.6. The monoisotopic (exact) mass is 514 g/mol. The van der Waals surface area contributed by atoms with Crippen LogP contribution in [-0.4, -0.2) is 39.0 Å². The minimum Gasteiger partial charge on any atom is -0.481 e. The molecule has 7 nitrogen and oxygen atoms in total. The van der Waals surface area contributed by atoms with E-state index in [2.05, 4.69) is 4.98 Å². The molecule has 0 saturated heterocycles. The lowest BCUT2D eigenvalue weighted by Gasteiger charge is -2.18. The van der Waals surface area contributed by atoms with Gasteiger partial charge in [-0.1, -0.05) is 37.6 Å². The zero-order chi connectivity index (χ0) is 25.2. The molecule has 2 aromatic carbocycles. The number of hydrogen-bond acceptors (Lipinski definition) is 5. The van der Waals surface area contributed by atoms with Gasteiger partial charge in [0.2, 0.25) is 5.52 Å². The van der Waals surface area contributed by atoms with E-state index in [4.69, 9.17) is 26.2 Å². The Hall–Kier alpha value is -2.98. The van der Waals surface area contributed by atoms with Crippen LogP contribution in [0.1, 0.15) is 36.6 Å². The second kappa shape index (κ2) is 10.1. The number of aromatic amines is 1. The van der Waals surface area contributed by atoms with Gasteiger partial charge in [-0.15, -0.1) is 0 Å². The first-order valence-corrected chi connectivity index (χ1v) is 12.4. The summed E-state index contributed by atoms with van der Waals surface area (Å²) in [4.78, 5) is 14.3. The Morgan fingerprint density at radius 3 is 2.32 bits per heavy atom. The fraction of sp³-hybridized carbons (Fsp3) is 0.304. The van der Waals surface area contributed by atoms with E-state index < -0.39 is 29.0 Å². The summed E-state index contributed by atoms with van der Waals surface area (Å²) >= 11 is 6.35. The molecule has 3 rings (SSSR count). The number of aliphatic carboxylic acids is 1. The number of fused-ring (bicyclic) bond motifs is 1. The predicted molar refractivity (Wildman–Crippen MR) is 122 cm³/mol. The zero-order valence-corrected chi connectivity index (χ0v) is 20.1. The molecule has 2 N–H and O–H groups in total. The number of alkyl halides is 2. The summed E-state index contributed by atoms with van der Waals surface area (Å²) < 4.78 is 61.0. The van der Waals surface area contributed by atoms with Gasteiger partial charge in [0.1, 0.15) is 16.2 Å². The lowest BCUT2D eigenvalue weighted by molar-refractivity contribution is -0.360. The Labute approximate surface area is 200 Å². The quantitative estimate of drug-likeness (QED) is 0.451. The molecule has 0 aliphatic heterocycles. The minimum atomic E-state index is -3.40. The third kappa shape index (κ3) is 5.74. The number of aromatic nitrogens is 1. The number of rotatable bonds is 9. The number of carbonyl (C=O) groups is 1. The van der Waals surface area contributed by atoms with Gasteiger partial charge < -0.3 is 14.6 Å². The summed E-state index contributed by atoms with van der Waals surface area (Å²) in [5.41, 5.74) is 1.88. The summed E-state index contributed by atoms with van der Waals surface area (Å²) in [6.45, 7) is -0.153. The lowest BCUT2D eigenvalue weighted by Crippen LogP contribution is -2.21. The molecule has 0 radical (unpaired) electrons. The number of ether oxygens (including phenoxy) is 2. The Morgan fingerprint density at radius 1 is 1.15 bits per heavy atom. The number of carboxylic acids is 1. The van der Waals surface area contributed by atoms with Gasteiger partial charge in [-0.2, -0.15) is 8.78 Å². The number of pyridine rings is 1. The first-order chi connectivity index (χ1) is 15.9. The molecule has 0 aliphatic carbocycles. The highest BCUT2D eigenvalue weighted by atomic mass is 35.5. The second-order valence-electron chi connectivity index (χ2n) is 7.95. The molecule has 0 spiro atoms. The molecule has 0 saturated carbocycles. The van der Waals surface area contributed by atoms with E-state index in [-0.39, 0.29) is 44.7 Å². The molecule has 0 atom stereocenters. The van der Waals surface area contributed by atoms with Crippen molar-refractivity contribution in [2.75, 3.05) is 12.9 Å². The summed E-state index contributed by atoms with van der Waals surface area (Å²) in [5.74, 6) is -1.58. The van der Waals surface area contributed by atoms with Gasteiger partial charge in [-0.3, -0.25) is 0 Å². The normalized spacial score (nSPS) is 11.9. The molecule has 1 aromatic heterocycles. The molecular weight excluding hydrogens is 492 g/mol. The smallest absolute Gasteiger partial charge is 0.387 e. The van der Waals surface area contributed by atoms with Crippen molar-refractivity contribution in [3.63, 3.8) is 0 Å². The minimum absolute atomic E-state index is 0.0117. The van der Waals surface area contributed by atoms with Crippen LogP contribution >= 0.6 is 11.6 Å². The Bertz CT molecular complexity index is 1330. The number of H-pyrrole nitrogens is 1. The molecule has 0 fully saturated rings. The summed E-state index contributed by atoms with van der Waals surface area (Å²) in [6, 6.07) is 8.93. The van der Waals surface area contributed by atoms with Gasteiger partial charge in [-0.05, 0) is 29.8 Å². The molecule has 0 amide bonds. The van der Waals surface area contributed by atoms with Crippen LogP contribution in [0.4, 0.5) is 8.78 Å². The number of nitrogens with one attached hydrogen (secondary N) is 1. The van der Waals surface area contributed by atoms with Crippen molar-refractivity contribution in [3.05, 3.63) is 58.2 Å². The molecular formula is C23H23ClF2NO6S+. The molecule has 1 heterocycles. The van der Waals surface area contributed by atoms with Crippen molar-refractivity contribution in [1.29, 1.82) is 0 Å². The first-order valence-electron chi connectivity index (χ1n) is 10.2. The van der Waals surface area contributed by atoms with Gasteiger partial charge in [-0.25, -0.2) is 18.2 Å². The van der Waals surface area contributed by atoms with Gasteiger partial charge in [0.25, 0.3) is 0 Å². The third-order valence-corrected chi connectivity index (χ3v) is 6.51. The van der Waals surface area contributed by atoms with Crippen molar-refractivity contribution in [1.82, 2.24) is 0 Å². The number of halogens is 3. The average molecular weight is 515 g/mol. The van der Waals surface area contributed by atoms with Crippen molar-refractivity contribution < 1.29 is 41.6 Å². The topological polar surface area (TPSA) is 104 Å². The van der Waals surface area contributed by atoms with Crippen LogP contribution in [0.5, 0.6) is 11.5 Å². The largest absolute Gasteiger partial charge is 0.481 e. The Morgan fingerprint density at radius 2 is 1.79 bits per heavy atom. The van der Waals surface area contributed by atoms with Gasteiger partial charge in [0.05, 0.1) is 10.5 Å². The van der Waals surface area contributed by atoms with Gasteiger partial charge >= 0.3 is 12.6 Å². The molecule has 0 bridgehead atoms. The van der Waals surface area contributed by atoms with Crippen LogP contribution in [0.2, 0.25) is 5.02 Å². The lowest BCUT2D eigenvalue weighted by atomic mass is 9.94. The van der Waals surface area contributed by atoms with Gasteiger partial charge in [0, 0.05) is 18.6 Å². The number of sulfone groups is 1. The first kappa shape index (κ1) is 25.6.